The molecule has 0 fully saturated rings. The second kappa shape index (κ2) is 8.83. The topological polar surface area (TPSA) is 106 Å². The highest BCUT2D eigenvalue weighted by Crippen LogP contribution is 2.22. The lowest BCUT2D eigenvalue weighted by Crippen LogP contribution is -2.29. The van der Waals surface area contributed by atoms with E-state index in [0.29, 0.717) is 18.2 Å². The van der Waals surface area contributed by atoms with Crippen molar-refractivity contribution in [2.45, 2.75) is 13.5 Å². The number of aromatic amines is 1. The Morgan fingerprint density at radius 1 is 1.22 bits per heavy atom. The maximum Gasteiger partial charge on any atom is 0.329 e. The number of hydrazone groups is 1. The predicted octanol–water partition coefficient (Wildman–Crippen LogP) is 3.00. The lowest BCUT2D eigenvalue weighted by atomic mass is 10.1. The Labute approximate surface area is 191 Å². The predicted molar refractivity (Wildman–Crippen MR) is 128 cm³/mol. The minimum absolute atomic E-state index is 0.267. The molecular weight excluding hydrogens is 476 g/mol. The van der Waals surface area contributed by atoms with Gasteiger partial charge in [0.15, 0.2) is 11.2 Å². The molecule has 0 saturated heterocycles. The summed E-state index contributed by atoms with van der Waals surface area (Å²) in [6.45, 7) is 2.38. The number of imidazole rings is 1. The van der Waals surface area contributed by atoms with Gasteiger partial charge < -0.3 is 4.74 Å². The molecule has 2 aromatic heterocycles. The van der Waals surface area contributed by atoms with E-state index in [-0.39, 0.29) is 11.2 Å². The van der Waals surface area contributed by atoms with E-state index in [9.17, 15) is 9.59 Å². The third kappa shape index (κ3) is 4.22. The second-order valence-corrected chi connectivity index (χ2v) is 8.17. The summed E-state index contributed by atoms with van der Waals surface area (Å²) in [6, 6.07) is 13.5. The van der Waals surface area contributed by atoms with Crippen LogP contribution in [0.3, 0.4) is 0 Å². The smallest absolute Gasteiger partial charge is 0.329 e. The van der Waals surface area contributed by atoms with Gasteiger partial charge in [0.1, 0.15) is 5.75 Å². The Morgan fingerprint density at radius 3 is 2.69 bits per heavy atom. The quantitative estimate of drug-likeness (QED) is 0.315. The summed E-state index contributed by atoms with van der Waals surface area (Å²) in [4.78, 5) is 31.5. The van der Waals surface area contributed by atoms with Gasteiger partial charge in [-0.25, -0.2) is 10.2 Å². The number of aromatic nitrogens is 4. The molecule has 2 N–H and O–H groups in total. The molecule has 2 aromatic carbocycles. The highest BCUT2D eigenvalue weighted by molar-refractivity contribution is 9.10. The Hall–Kier alpha value is -3.66. The van der Waals surface area contributed by atoms with Crippen LogP contribution in [0.5, 0.6) is 5.75 Å². The Kier molecular flexibility index (Phi) is 5.95. The molecule has 0 bridgehead atoms. The van der Waals surface area contributed by atoms with Crippen molar-refractivity contribution in [2.75, 3.05) is 12.5 Å². The number of aryl methyl sites for hydroxylation is 2. The molecule has 9 nitrogen and oxygen atoms in total. The van der Waals surface area contributed by atoms with Crippen molar-refractivity contribution in [2.24, 2.45) is 12.1 Å². The van der Waals surface area contributed by atoms with Crippen LogP contribution in [0.25, 0.3) is 11.2 Å². The van der Waals surface area contributed by atoms with Gasteiger partial charge in [-0.15, -0.1) is 0 Å². The fraction of sp³-hybridized carbons (Fsp3) is 0.182. The van der Waals surface area contributed by atoms with Gasteiger partial charge in [-0.3, -0.25) is 18.9 Å². The van der Waals surface area contributed by atoms with Crippen LogP contribution in [0, 0.1) is 6.92 Å². The Bertz CT molecular complexity index is 1430. The standard InChI is InChI=1S/C22H21BrN6O3/c1-13-4-6-14(7-5-13)12-29-18-19(28(2)22(31)26-20(18)30)25-21(29)27-24-11-15-10-16(23)8-9-17(15)32-3/h4-11H,12H2,1-3H3,(H,25,27)(H,26,30,31)/b24-11+. The van der Waals surface area contributed by atoms with Crippen LogP contribution >= 0.6 is 15.9 Å². The van der Waals surface area contributed by atoms with Crippen LogP contribution < -0.4 is 21.4 Å². The van der Waals surface area contributed by atoms with Crippen LogP contribution in [0.4, 0.5) is 5.95 Å². The number of nitrogens with zero attached hydrogens (tertiary/aromatic N) is 4. The Morgan fingerprint density at radius 2 is 1.97 bits per heavy atom. The highest BCUT2D eigenvalue weighted by atomic mass is 79.9. The number of benzene rings is 2. The van der Waals surface area contributed by atoms with Gasteiger partial charge in [0, 0.05) is 17.1 Å². The third-order valence-corrected chi connectivity index (χ3v) is 5.52. The molecule has 0 spiro atoms. The molecule has 0 amide bonds. The van der Waals surface area contributed by atoms with Crippen molar-refractivity contribution in [3.63, 3.8) is 0 Å². The first-order valence-corrected chi connectivity index (χ1v) is 10.5. The molecule has 10 heteroatoms. The van der Waals surface area contributed by atoms with Crippen LogP contribution in [0.2, 0.25) is 0 Å². The molecule has 0 atom stereocenters. The van der Waals surface area contributed by atoms with Crippen molar-refractivity contribution in [1.29, 1.82) is 0 Å². The summed E-state index contributed by atoms with van der Waals surface area (Å²) in [6.07, 6.45) is 1.60. The van der Waals surface area contributed by atoms with Gasteiger partial charge in [0.05, 0.1) is 19.9 Å². The largest absolute Gasteiger partial charge is 0.496 e. The molecule has 0 unspecified atom stereocenters. The van der Waals surface area contributed by atoms with Crippen LogP contribution in [0.15, 0.2) is 61.6 Å². The van der Waals surface area contributed by atoms with Crippen LogP contribution in [0.1, 0.15) is 16.7 Å². The van der Waals surface area contributed by atoms with E-state index >= 15 is 0 Å². The van der Waals surface area contributed by atoms with E-state index in [1.807, 2.05) is 49.4 Å². The lowest BCUT2D eigenvalue weighted by Gasteiger charge is -2.09. The monoisotopic (exact) mass is 496 g/mol. The maximum absolute atomic E-state index is 12.6. The van der Waals surface area contributed by atoms with Crippen molar-refractivity contribution in [1.82, 2.24) is 19.1 Å². The summed E-state index contributed by atoms with van der Waals surface area (Å²) in [5, 5.41) is 4.30. The first-order valence-electron chi connectivity index (χ1n) is 9.75. The minimum atomic E-state index is -0.531. The summed E-state index contributed by atoms with van der Waals surface area (Å²) >= 11 is 3.44. The SMILES string of the molecule is COc1ccc(Br)cc1/C=N/Nc1nc2c(c(=O)[nH]c(=O)n2C)n1Cc1ccc(C)cc1. The summed E-state index contributed by atoms with van der Waals surface area (Å²) < 4.78 is 9.25. The molecule has 2 heterocycles. The fourth-order valence-corrected chi connectivity index (χ4v) is 3.69. The van der Waals surface area contributed by atoms with Gasteiger partial charge in [-0.1, -0.05) is 45.8 Å². The third-order valence-electron chi connectivity index (χ3n) is 5.03. The molecule has 0 aliphatic heterocycles. The number of nitrogens with one attached hydrogen (secondary N) is 2. The number of anilines is 1. The number of hydrogen-bond acceptors (Lipinski definition) is 6. The minimum Gasteiger partial charge on any atom is -0.496 e. The average Bonchev–Trinajstić information content (AvgIpc) is 3.13. The second-order valence-electron chi connectivity index (χ2n) is 7.25. The van der Waals surface area contributed by atoms with E-state index in [2.05, 4.69) is 36.4 Å². The first-order chi connectivity index (χ1) is 15.4. The summed E-state index contributed by atoms with van der Waals surface area (Å²) in [5.74, 6) is 0.989. The number of hydrogen-bond donors (Lipinski definition) is 2. The van der Waals surface area contributed by atoms with Crippen molar-refractivity contribution in [3.8, 4) is 5.75 Å². The molecule has 0 aliphatic rings. The zero-order chi connectivity index (χ0) is 22.8. The number of H-pyrrole nitrogens is 1. The molecule has 0 radical (unpaired) electrons. The van der Waals surface area contributed by atoms with Gasteiger partial charge in [-0.05, 0) is 30.7 Å². The van der Waals surface area contributed by atoms with Gasteiger partial charge in [0.25, 0.3) is 5.56 Å². The molecule has 164 valence electrons. The van der Waals surface area contributed by atoms with E-state index in [1.54, 1.807) is 24.9 Å². The van der Waals surface area contributed by atoms with Crippen molar-refractivity contribution >= 4 is 39.3 Å². The highest BCUT2D eigenvalue weighted by Gasteiger charge is 2.17. The van der Waals surface area contributed by atoms with E-state index in [4.69, 9.17) is 4.74 Å². The summed E-state index contributed by atoms with van der Waals surface area (Å²) in [7, 11) is 3.14. The number of halogens is 1. The van der Waals surface area contributed by atoms with Crippen molar-refractivity contribution in [3.05, 3.63) is 84.5 Å². The average molecular weight is 497 g/mol. The lowest BCUT2D eigenvalue weighted by molar-refractivity contribution is 0.414. The molecule has 0 aliphatic carbocycles. The molecule has 4 rings (SSSR count). The number of methoxy groups -OCH3 is 1. The normalized spacial score (nSPS) is 11.4. The summed E-state index contributed by atoms with van der Waals surface area (Å²) in [5.41, 5.74) is 5.28. The molecule has 4 aromatic rings. The van der Waals surface area contributed by atoms with E-state index < -0.39 is 11.2 Å². The first kappa shape index (κ1) is 21.6. The van der Waals surface area contributed by atoms with Crippen LogP contribution in [-0.2, 0) is 13.6 Å². The Balaban J connectivity index is 1.78. The maximum atomic E-state index is 12.6. The molecule has 0 saturated carbocycles. The zero-order valence-corrected chi connectivity index (χ0v) is 19.3. The fourth-order valence-electron chi connectivity index (χ4n) is 3.32. The van der Waals surface area contributed by atoms with Gasteiger partial charge in [0.2, 0.25) is 5.95 Å². The zero-order valence-electron chi connectivity index (χ0n) is 17.7. The van der Waals surface area contributed by atoms with Crippen molar-refractivity contribution < 1.29 is 4.74 Å². The van der Waals surface area contributed by atoms with Crippen LogP contribution in [-0.4, -0.2) is 32.4 Å². The van der Waals surface area contributed by atoms with Gasteiger partial charge in [-0.2, -0.15) is 10.1 Å². The molecular formula is C22H21BrN6O3. The number of ether oxygens (including phenoxy) is 1. The number of rotatable bonds is 6. The van der Waals surface area contributed by atoms with E-state index in [0.717, 1.165) is 21.2 Å². The van der Waals surface area contributed by atoms with Gasteiger partial charge >= 0.3 is 5.69 Å². The molecule has 32 heavy (non-hydrogen) atoms. The number of fused-ring (bicyclic) bond motifs is 1. The van der Waals surface area contributed by atoms with E-state index in [1.165, 1.54) is 4.57 Å².